The number of likely N-dealkylation sites (tertiary alicyclic amines) is 1. The number of rotatable bonds is 4. The van der Waals surface area contributed by atoms with Crippen molar-refractivity contribution in [2.24, 2.45) is 16.8 Å². The molecule has 0 aliphatic carbocycles. The van der Waals surface area contributed by atoms with Crippen LogP contribution in [0.4, 0.5) is 13.2 Å². The van der Waals surface area contributed by atoms with E-state index < -0.39 is 12.6 Å². The summed E-state index contributed by atoms with van der Waals surface area (Å²) >= 11 is 0. The van der Waals surface area contributed by atoms with Crippen LogP contribution in [0.25, 0.3) is 0 Å². The monoisotopic (exact) mass is 391 g/mol. The summed E-state index contributed by atoms with van der Waals surface area (Å²) in [6.07, 6.45) is -3.88. The number of aliphatic imine (C=N–C) groups is 1. The summed E-state index contributed by atoms with van der Waals surface area (Å²) in [5.74, 6) is 1.75. The fraction of sp³-hybridized carbons (Fsp3) is 0.889. The van der Waals surface area contributed by atoms with Gasteiger partial charge >= 0.3 is 6.18 Å². The van der Waals surface area contributed by atoms with Crippen molar-refractivity contribution >= 4 is 11.9 Å². The van der Waals surface area contributed by atoms with Crippen LogP contribution >= 0.6 is 0 Å². The van der Waals surface area contributed by atoms with Gasteiger partial charge in [-0.05, 0) is 18.3 Å². The van der Waals surface area contributed by atoms with Gasteiger partial charge in [0.15, 0.2) is 5.96 Å². The molecule has 0 bridgehead atoms. The minimum Gasteiger partial charge on any atom is -0.356 e. The second-order valence-electron chi connectivity index (χ2n) is 7.85. The van der Waals surface area contributed by atoms with Crippen molar-refractivity contribution in [1.29, 1.82) is 0 Å². The zero-order valence-corrected chi connectivity index (χ0v) is 16.6. The van der Waals surface area contributed by atoms with E-state index in [0.29, 0.717) is 50.5 Å². The number of hydrogen-bond acceptors (Lipinski definition) is 3. The third-order valence-corrected chi connectivity index (χ3v) is 5.16. The van der Waals surface area contributed by atoms with Gasteiger partial charge in [0.25, 0.3) is 0 Å². The van der Waals surface area contributed by atoms with Crippen LogP contribution in [0.3, 0.4) is 0 Å². The highest BCUT2D eigenvalue weighted by Crippen LogP contribution is 2.21. The van der Waals surface area contributed by atoms with Gasteiger partial charge in [0.2, 0.25) is 5.91 Å². The summed E-state index contributed by atoms with van der Waals surface area (Å²) in [5, 5.41) is 2.77. The maximum atomic E-state index is 12.6. The van der Waals surface area contributed by atoms with Gasteiger partial charge in [-0.2, -0.15) is 13.2 Å². The summed E-state index contributed by atoms with van der Waals surface area (Å²) < 4.78 is 36.9. The van der Waals surface area contributed by atoms with Gasteiger partial charge in [-0.1, -0.05) is 13.8 Å². The van der Waals surface area contributed by atoms with E-state index in [2.05, 4.69) is 29.1 Å². The largest absolute Gasteiger partial charge is 0.390 e. The van der Waals surface area contributed by atoms with Crippen molar-refractivity contribution in [2.45, 2.75) is 32.9 Å². The van der Waals surface area contributed by atoms with Crippen LogP contribution in [0, 0.1) is 11.8 Å². The summed E-state index contributed by atoms with van der Waals surface area (Å²) in [7, 11) is 1.57. The number of halogens is 3. The molecule has 1 amide bonds. The molecule has 0 aromatic heterocycles. The maximum Gasteiger partial charge on any atom is 0.390 e. The number of nitrogens with one attached hydrogen (secondary N) is 1. The average Bonchev–Trinajstić information content (AvgIpc) is 2.58. The first kappa shape index (κ1) is 21.8. The molecule has 9 heteroatoms. The van der Waals surface area contributed by atoms with Gasteiger partial charge in [-0.25, -0.2) is 0 Å². The molecule has 27 heavy (non-hydrogen) atoms. The topological polar surface area (TPSA) is 51.2 Å². The fourth-order valence-electron chi connectivity index (χ4n) is 3.92. The molecule has 156 valence electrons. The summed E-state index contributed by atoms with van der Waals surface area (Å²) in [5.41, 5.74) is 0. The van der Waals surface area contributed by atoms with Gasteiger partial charge in [0.05, 0.1) is 13.0 Å². The third kappa shape index (κ3) is 7.20. The highest BCUT2D eigenvalue weighted by atomic mass is 19.4. The smallest absolute Gasteiger partial charge is 0.356 e. The second-order valence-corrected chi connectivity index (χ2v) is 7.85. The van der Waals surface area contributed by atoms with E-state index in [0.717, 1.165) is 13.1 Å². The molecule has 0 saturated carbocycles. The van der Waals surface area contributed by atoms with Crippen LogP contribution in [-0.2, 0) is 4.79 Å². The lowest BCUT2D eigenvalue weighted by Gasteiger charge is -2.39. The molecular weight excluding hydrogens is 359 g/mol. The van der Waals surface area contributed by atoms with E-state index in [1.807, 2.05) is 9.80 Å². The number of carbonyl (C=O) groups is 1. The number of guanidine groups is 1. The van der Waals surface area contributed by atoms with Crippen molar-refractivity contribution in [2.75, 3.05) is 59.4 Å². The predicted molar refractivity (Wildman–Crippen MR) is 99.6 cm³/mol. The Hall–Kier alpha value is -1.51. The minimum absolute atomic E-state index is 0.175. The quantitative estimate of drug-likeness (QED) is 0.585. The molecule has 2 unspecified atom stereocenters. The second kappa shape index (κ2) is 9.61. The number of piperidine rings is 1. The van der Waals surface area contributed by atoms with Crippen LogP contribution in [0.1, 0.15) is 26.7 Å². The lowest BCUT2D eigenvalue weighted by Crippen LogP contribution is -2.55. The van der Waals surface area contributed by atoms with Gasteiger partial charge in [-0.3, -0.25) is 14.7 Å². The molecule has 2 aliphatic heterocycles. The molecule has 0 spiro atoms. The maximum absolute atomic E-state index is 12.6. The van der Waals surface area contributed by atoms with Crippen molar-refractivity contribution in [1.82, 2.24) is 20.0 Å². The van der Waals surface area contributed by atoms with Crippen LogP contribution in [0.2, 0.25) is 0 Å². The van der Waals surface area contributed by atoms with E-state index in [1.165, 1.54) is 6.42 Å². The number of hydrogen-bond donors (Lipinski definition) is 1. The SMILES string of the molecule is CN=C(NCCC(F)(F)F)N1CCN(CC(=O)N2CC(C)CC(C)C2)CC1. The van der Waals surface area contributed by atoms with E-state index >= 15 is 0 Å². The molecule has 6 nitrogen and oxygen atoms in total. The number of amides is 1. The molecule has 0 aromatic carbocycles. The molecule has 2 atom stereocenters. The molecule has 2 aliphatic rings. The van der Waals surface area contributed by atoms with Crippen LogP contribution in [-0.4, -0.2) is 92.1 Å². The number of piperazine rings is 1. The van der Waals surface area contributed by atoms with Crippen LogP contribution in [0.15, 0.2) is 4.99 Å². The first-order chi connectivity index (χ1) is 12.7. The number of carbonyl (C=O) groups excluding carboxylic acids is 1. The average molecular weight is 391 g/mol. The Balaban J connectivity index is 1.74. The Labute approximate surface area is 159 Å². The zero-order chi connectivity index (χ0) is 20.0. The number of alkyl halides is 3. The number of nitrogens with zero attached hydrogens (tertiary/aromatic N) is 4. The first-order valence-electron chi connectivity index (χ1n) is 9.70. The van der Waals surface area contributed by atoms with Crippen LogP contribution in [0.5, 0.6) is 0 Å². The molecule has 0 radical (unpaired) electrons. The first-order valence-corrected chi connectivity index (χ1v) is 9.70. The Morgan fingerprint density at radius 3 is 2.19 bits per heavy atom. The predicted octanol–water partition coefficient (Wildman–Crippen LogP) is 1.64. The van der Waals surface area contributed by atoms with Crippen molar-refractivity contribution in [3.8, 4) is 0 Å². The molecule has 2 fully saturated rings. The summed E-state index contributed by atoms with van der Waals surface area (Å²) in [4.78, 5) is 22.7. The van der Waals surface area contributed by atoms with Gasteiger partial charge in [0.1, 0.15) is 0 Å². The Kier molecular flexibility index (Phi) is 7.76. The Bertz CT molecular complexity index is 508. The van der Waals surface area contributed by atoms with Gasteiger partial charge < -0.3 is 15.1 Å². The van der Waals surface area contributed by atoms with Gasteiger partial charge in [-0.15, -0.1) is 0 Å². The summed E-state index contributed by atoms with van der Waals surface area (Å²) in [6, 6.07) is 0. The van der Waals surface area contributed by atoms with E-state index in [-0.39, 0.29) is 12.5 Å². The molecule has 2 heterocycles. The normalized spacial score (nSPS) is 25.6. The highest BCUT2D eigenvalue weighted by molar-refractivity contribution is 5.80. The van der Waals surface area contributed by atoms with E-state index in [1.54, 1.807) is 7.05 Å². The van der Waals surface area contributed by atoms with Crippen molar-refractivity contribution in [3.05, 3.63) is 0 Å². The van der Waals surface area contributed by atoms with Crippen molar-refractivity contribution in [3.63, 3.8) is 0 Å². The summed E-state index contributed by atoms with van der Waals surface area (Å²) in [6.45, 7) is 8.95. The Morgan fingerprint density at radius 2 is 1.67 bits per heavy atom. The molecule has 2 rings (SSSR count). The molecule has 2 saturated heterocycles. The van der Waals surface area contributed by atoms with E-state index in [4.69, 9.17) is 0 Å². The standard InChI is InChI=1S/C18H32F3N5O/c1-14-10-15(2)12-26(11-14)16(27)13-24-6-8-25(9-7-24)17(22-3)23-5-4-18(19,20)21/h14-15H,4-13H2,1-3H3,(H,22,23). The minimum atomic E-state index is -4.17. The zero-order valence-electron chi connectivity index (χ0n) is 16.6. The van der Waals surface area contributed by atoms with Crippen LogP contribution < -0.4 is 5.32 Å². The molecule has 0 aromatic rings. The lowest BCUT2D eigenvalue weighted by atomic mass is 9.92. The van der Waals surface area contributed by atoms with Crippen molar-refractivity contribution < 1.29 is 18.0 Å². The lowest BCUT2D eigenvalue weighted by molar-refractivity contribution is -0.135. The third-order valence-electron chi connectivity index (χ3n) is 5.16. The van der Waals surface area contributed by atoms with E-state index in [9.17, 15) is 18.0 Å². The highest BCUT2D eigenvalue weighted by Gasteiger charge is 2.29. The Morgan fingerprint density at radius 1 is 1.07 bits per heavy atom. The fourth-order valence-corrected chi connectivity index (χ4v) is 3.92. The molecular formula is C18H32F3N5O. The molecule has 1 N–H and O–H groups in total. The van der Waals surface area contributed by atoms with Gasteiger partial charge in [0, 0.05) is 52.9 Å².